The number of rotatable bonds is 7. The number of aliphatic hydroxyl groups is 1. The third kappa shape index (κ3) is 3.94. The third-order valence-electron chi connectivity index (χ3n) is 4.87. The van der Waals surface area contributed by atoms with E-state index in [9.17, 15) is 0 Å². The Labute approximate surface area is 112 Å². The van der Waals surface area contributed by atoms with Crippen LogP contribution < -0.4 is 0 Å². The molecule has 1 aliphatic carbocycles. The van der Waals surface area contributed by atoms with E-state index >= 15 is 0 Å². The predicted octanol–water partition coefficient (Wildman–Crippen LogP) is 2.10. The van der Waals surface area contributed by atoms with Crippen LogP contribution in [0.15, 0.2) is 0 Å². The fourth-order valence-electron chi connectivity index (χ4n) is 3.33. The van der Waals surface area contributed by atoms with Gasteiger partial charge in [0.1, 0.15) is 0 Å². The van der Waals surface area contributed by atoms with Crippen molar-refractivity contribution in [3.05, 3.63) is 0 Å². The maximum atomic E-state index is 9.01. The lowest BCUT2D eigenvalue weighted by molar-refractivity contribution is 0.0934. The quantitative estimate of drug-likeness (QED) is 0.754. The molecular formula is C15H30N2O. The SMILES string of the molecule is CN1CCCCC1CCN(CCCO)C1CCC1. The number of hydrogen-bond donors (Lipinski definition) is 1. The van der Waals surface area contributed by atoms with Gasteiger partial charge in [-0.1, -0.05) is 12.8 Å². The van der Waals surface area contributed by atoms with Gasteiger partial charge in [0.05, 0.1) is 0 Å². The van der Waals surface area contributed by atoms with Gasteiger partial charge in [-0.15, -0.1) is 0 Å². The minimum Gasteiger partial charge on any atom is -0.396 e. The topological polar surface area (TPSA) is 26.7 Å². The summed E-state index contributed by atoms with van der Waals surface area (Å²) < 4.78 is 0. The first-order chi connectivity index (χ1) is 8.81. The van der Waals surface area contributed by atoms with Crippen LogP contribution in [0.25, 0.3) is 0 Å². The highest BCUT2D eigenvalue weighted by atomic mass is 16.3. The van der Waals surface area contributed by atoms with Crippen molar-refractivity contribution < 1.29 is 5.11 Å². The number of likely N-dealkylation sites (tertiary alicyclic amines) is 1. The second-order valence-electron chi connectivity index (χ2n) is 6.12. The van der Waals surface area contributed by atoms with Gasteiger partial charge in [0.25, 0.3) is 0 Å². The fraction of sp³-hybridized carbons (Fsp3) is 1.00. The van der Waals surface area contributed by atoms with Crippen LogP contribution in [0.5, 0.6) is 0 Å². The van der Waals surface area contributed by atoms with Gasteiger partial charge in [-0.25, -0.2) is 0 Å². The van der Waals surface area contributed by atoms with Crippen molar-refractivity contribution in [1.29, 1.82) is 0 Å². The molecule has 0 aromatic carbocycles. The maximum absolute atomic E-state index is 9.01. The van der Waals surface area contributed by atoms with Crippen LogP contribution in [0, 0.1) is 0 Å². The summed E-state index contributed by atoms with van der Waals surface area (Å²) in [7, 11) is 2.28. The number of hydrogen-bond acceptors (Lipinski definition) is 3. The minimum atomic E-state index is 0.340. The normalized spacial score (nSPS) is 26.5. The summed E-state index contributed by atoms with van der Waals surface area (Å²) in [5.74, 6) is 0. The Morgan fingerprint density at radius 1 is 1.11 bits per heavy atom. The van der Waals surface area contributed by atoms with E-state index in [1.165, 1.54) is 58.0 Å². The highest BCUT2D eigenvalue weighted by molar-refractivity contribution is 4.82. The molecule has 106 valence electrons. The van der Waals surface area contributed by atoms with Crippen molar-refractivity contribution in [3.63, 3.8) is 0 Å². The lowest BCUT2D eigenvalue weighted by atomic mass is 9.90. The molecule has 2 fully saturated rings. The Bertz CT molecular complexity index is 231. The molecule has 1 saturated heterocycles. The third-order valence-corrected chi connectivity index (χ3v) is 4.87. The minimum absolute atomic E-state index is 0.340. The molecule has 1 atom stereocenters. The molecule has 0 radical (unpaired) electrons. The molecule has 0 aromatic heterocycles. The Kier molecular flexibility index (Phi) is 5.93. The summed E-state index contributed by atoms with van der Waals surface area (Å²) in [5, 5.41) is 9.01. The molecular weight excluding hydrogens is 224 g/mol. The average Bonchev–Trinajstić information content (AvgIpc) is 2.32. The molecule has 1 aliphatic heterocycles. The van der Waals surface area contributed by atoms with Crippen LogP contribution in [0.3, 0.4) is 0 Å². The highest BCUT2D eigenvalue weighted by Crippen LogP contribution is 2.26. The summed E-state index contributed by atoms with van der Waals surface area (Å²) >= 11 is 0. The van der Waals surface area contributed by atoms with Crippen molar-refractivity contribution in [1.82, 2.24) is 9.80 Å². The monoisotopic (exact) mass is 254 g/mol. The predicted molar refractivity (Wildman–Crippen MR) is 75.8 cm³/mol. The van der Waals surface area contributed by atoms with E-state index in [1.54, 1.807) is 0 Å². The first kappa shape index (κ1) is 14.3. The zero-order chi connectivity index (χ0) is 12.8. The Hall–Kier alpha value is -0.120. The molecule has 18 heavy (non-hydrogen) atoms. The lowest BCUT2D eigenvalue weighted by Gasteiger charge is -2.40. The summed E-state index contributed by atoms with van der Waals surface area (Å²) in [6, 6.07) is 1.63. The van der Waals surface area contributed by atoms with Crippen molar-refractivity contribution in [2.45, 2.75) is 63.5 Å². The fourth-order valence-corrected chi connectivity index (χ4v) is 3.33. The highest BCUT2D eigenvalue weighted by Gasteiger charge is 2.26. The van der Waals surface area contributed by atoms with Gasteiger partial charge >= 0.3 is 0 Å². The van der Waals surface area contributed by atoms with Crippen LogP contribution >= 0.6 is 0 Å². The van der Waals surface area contributed by atoms with E-state index in [2.05, 4.69) is 16.8 Å². The van der Waals surface area contributed by atoms with Gasteiger partial charge in [0.2, 0.25) is 0 Å². The Morgan fingerprint density at radius 2 is 1.94 bits per heavy atom. The first-order valence-electron chi connectivity index (χ1n) is 7.86. The molecule has 0 aromatic rings. The Morgan fingerprint density at radius 3 is 2.56 bits per heavy atom. The van der Waals surface area contributed by atoms with Crippen LogP contribution in [-0.4, -0.2) is 60.3 Å². The second kappa shape index (κ2) is 7.46. The van der Waals surface area contributed by atoms with Crippen molar-refractivity contribution in [3.8, 4) is 0 Å². The summed E-state index contributed by atoms with van der Waals surface area (Å²) in [6.07, 6.45) is 10.6. The van der Waals surface area contributed by atoms with Crippen LogP contribution in [0.1, 0.15) is 51.4 Å². The lowest BCUT2D eigenvalue weighted by Crippen LogP contribution is -2.44. The van der Waals surface area contributed by atoms with E-state index in [0.717, 1.165) is 25.0 Å². The van der Waals surface area contributed by atoms with Crippen molar-refractivity contribution >= 4 is 0 Å². The van der Waals surface area contributed by atoms with E-state index in [4.69, 9.17) is 5.11 Å². The van der Waals surface area contributed by atoms with Gasteiger partial charge in [-0.2, -0.15) is 0 Å². The van der Waals surface area contributed by atoms with Crippen LogP contribution in [-0.2, 0) is 0 Å². The molecule has 1 N–H and O–H groups in total. The van der Waals surface area contributed by atoms with E-state index in [1.807, 2.05) is 0 Å². The summed E-state index contributed by atoms with van der Waals surface area (Å²) in [4.78, 5) is 5.19. The van der Waals surface area contributed by atoms with Crippen LogP contribution in [0.4, 0.5) is 0 Å². The van der Waals surface area contributed by atoms with E-state index < -0.39 is 0 Å². The number of aliphatic hydroxyl groups excluding tert-OH is 1. The molecule has 0 spiro atoms. The first-order valence-corrected chi connectivity index (χ1v) is 7.86. The maximum Gasteiger partial charge on any atom is 0.0443 e. The molecule has 2 rings (SSSR count). The second-order valence-corrected chi connectivity index (χ2v) is 6.12. The number of nitrogens with zero attached hydrogens (tertiary/aromatic N) is 2. The van der Waals surface area contributed by atoms with Gasteiger partial charge in [0, 0.05) is 25.2 Å². The molecule has 1 heterocycles. The zero-order valence-corrected chi connectivity index (χ0v) is 12.0. The smallest absolute Gasteiger partial charge is 0.0443 e. The molecule has 1 unspecified atom stereocenters. The van der Waals surface area contributed by atoms with E-state index in [0.29, 0.717) is 6.61 Å². The van der Waals surface area contributed by atoms with Gasteiger partial charge in [0.15, 0.2) is 0 Å². The summed E-state index contributed by atoms with van der Waals surface area (Å²) in [5.41, 5.74) is 0. The molecule has 1 saturated carbocycles. The largest absolute Gasteiger partial charge is 0.396 e. The van der Waals surface area contributed by atoms with Gasteiger partial charge < -0.3 is 14.9 Å². The standard InChI is InChI=1S/C15H30N2O/c1-16-10-3-2-6-14(16)9-12-17(11-5-13-18)15-7-4-8-15/h14-15,18H,2-13H2,1H3. The van der Waals surface area contributed by atoms with Crippen molar-refractivity contribution in [2.24, 2.45) is 0 Å². The molecule has 3 nitrogen and oxygen atoms in total. The zero-order valence-electron chi connectivity index (χ0n) is 12.0. The average molecular weight is 254 g/mol. The van der Waals surface area contributed by atoms with Crippen molar-refractivity contribution in [2.75, 3.05) is 33.3 Å². The molecule has 3 heteroatoms. The molecule has 0 bridgehead atoms. The van der Waals surface area contributed by atoms with E-state index in [-0.39, 0.29) is 0 Å². The Balaban J connectivity index is 1.73. The van der Waals surface area contributed by atoms with Crippen LogP contribution in [0.2, 0.25) is 0 Å². The number of piperidine rings is 1. The van der Waals surface area contributed by atoms with Gasteiger partial charge in [-0.05, 0) is 58.7 Å². The van der Waals surface area contributed by atoms with Gasteiger partial charge in [-0.3, -0.25) is 0 Å². The summed E-state index contributed by atoms with van der Waals surface area (Å²) in [6.45, 7) is 3.95. The molecule has 2 aliphatic rings. The molecule has 0 amide bonds.